The van der Waals surface area contributed by atoms with Gasteiger partial charge in [0, 0.05) is 17.5 Å². The van der Waals surface area contributed by atoms with Crippen molar-refractivity contribution in [1.82, 2.24) is 0 Å². The van der Waals surface area contributed by atoms with Crippen LogP contribution in [0.5, 0.6) is 17.2 Å². The van der Waals surface area contributed by atoms with E-state index in [-0.39, 0.29) is 5.56 Å². The van der Waals surface area contributed by atoms with Crippen molar-refractivity contribution in [2.45, 2.75) is 31.7 Å². The third-order valence-electron chi connectivity index (χ3n) is 4.73. The monoisotopic (exact) mass is 442 g/mol. The third-order valence-corrected chi connectivity index (χ3v) is 5.70. The average Bonchev–Trinajstić information content (AvgIpc) is 2.77. The molecule has 0 radical (unpaired) electrons. The van der Waals surface area contributed by atoms with Crippen LogP contribution in [0.2, 0.25) is 0 Å². The van der Waals surface area contributed by atoms with Crippen LogP contribution in [0, 0.1) is 0 Å². The molecular formula is C21H21F3O5S. The van der Waals surface area contributed by atoms with Crippen molar-refractivity contribution in [3.05, 3.63) is 53.6 Å². The number of hydrogen-bond acceptors (Lipinski definition) is 5. The van der Waals surface area contributed by atoms with Gasteiger partial charge in [0.1, 0.15) is 11.5 Å². The van der Waals surface area contributed by atoms with Crippen LogP contribution in [-0.2, 0) is 16.5 Å². The van der Waals surface area contributed by atoms with Crippen molar-refractivity contribution in [2.24, 2.45) is 0 Å². The summed E-state index contributed by atoms with van der Waals surface area (Å²) in [6.07, 6.45) is 3.83. The number of fused-ring (bicyclic) bond motifs is 1. The van der Waals surface area contributed by atoms with E-state index in [0.717, 1.165) is 12.0 Å². The molecule has 5 nitrogen and oxygen atoms in total. The summed E-state index contributed by atoms with van der Waals surface area (Å²) in [4.78, 5) is 0. The van der Waals surface area contributed by atoms with Gasteiger partial charge < -0.3 is 13.7 Å². The van der Waals surface area contributed by atoms with Gasteiger partial charge in [0.25, 0.3) is 0 Å². The van der Waals surface area contributed by atoms with Crippen LogP contribution in [0.1, 0.15) is 25.3 Å². The molecule has 0 fully saturated rings. The van der Waals surface area contributed by atoms with Crippen molar-refractivity contribution in [2.75, 3.05) is 13.7 Å². The van der Waals surface area contributed by atoms with Crippen LogP contribution in [0.4, 0.5) is 13.2 Å². The van der Waals surface area contributed by atoms with Crippen LogP contribution in [-0.4, -0.2) is 27.6 Å². The molecule has 0 aliphatic carbocycles. The van der Waals surface area contributed by atoms with E-state index in [1.165, 1.54) is 19.2 Å². The summed E-state index contributed by atoms with van der Waals surface area (Å²) >= 11 is 0. The second-order valence-electron chi connectivity index (χ2n) is 6.81. The molecule has 162 valence electrons. The molecule has 0 amide bonds. The Labute approximate surface area is 173 Å². The number of rotatable bonds is 4. The molecule has 1 aliphatic heterocycles. The third kappa shape index (κ3) is 4.72. The molecule has 1 aliphatic rings. The molecule has 0 unspecified atom stereocenters. The first-order chi connectivity index (χ1) is 14.1. The number of hydrogen-bond donors (Lipinski definition) is 0. The standard InChI is InChI=1S/C21H21F3O5S/c1-14-4-3-5-17-18(28-13-12-14)10-11-19(29-30(25,26)21(22,23)24)20(17)15-6-8-16(27-2)9-7-15/h4,6-11H,3,5,12-13H2,1-2H3/b14-4-. The van der Waals surface area contributed by atoms with Crippen LogP contribution in [0.15, 0.2) is 48.0 Å². The largest absolute Gasteiger partial charge is 0.534 e. The highest BCUT2D eigenvalue weighted by Crippen LogP contribution is 2.42. The summed E-state index contributed by atoms with van der Waals surface area (Å²) in [6, 6.07) is 9.18. The Morgan fingerprint density at radius 2 is 1.73 bits per heavy atom. The number of methoxy groups -OCH3 is 1. The molecule has 0 N–H and O–H groups in total. The van der Waals surface area contributed by atoms with Crippen LogP contribution < -0.4 is 13.7 Å². The zero-order valence-corrected chi connectivity index (χ0v) is 17.3. The second-order valence-corrected chi connectivity index (χ2v) is 8.35. The maximum atomic E-state index is 12.9. The minimum atomic E-state index is -5.83. The predicted octanol–water partition coefficient (Wildman–Crippen LogP) is 5.25. The van der Waals surface area contributed by atoms with Crippen LogP contribution >= 0.6 is 0 Å². The van der Waals surface area contributed by atoms with E-state index in [1.54, 1.807) is 24.3 Å². The first-order valence-corrected chi connectivity index (χ1v) is 10.6. The van der Waals surface area contributed by atoms with Gasteiger partial charge in [-0.15, -0.1) is 0 Å². The molecule has 30 heavy (non-hydrogen) atoms. The quantitative estimate of drug-likeness (QED) is 0.368. The van der Waals surface area contributed by atoms with Gasteiger partial charge in [-0.2, -0.15) is 21.6 Å². The van der Waals surface area contributed by atoms with Gasteiger partial charge in [-0.25, -0.2) is 0 Å². The highest BCUT2D eigenvalue weighted by Gasteiger charge is 2.49. The lowest BCUT2D eigenvalue weighted by Crippen LogP contribution is -2.28. The van der Waals surface area contributed by atoms with Gasteiger partial charge in [0.2, 0.25) is 0 Å². The summed E-state index contributed by atoms with van der Waals surface area (Å²) in [5, 5.41) is 0. The summed E-state index contributed by atoms with van der Waals surface area (Å²) in [7, 11) is -4.34. The lowest BCUT2D eigenvalue weighted by molar-refractivity contribution is -0.0499. The SMILES string of the molecule is COc1ccc(-c2c(OS(=O)(=O)C(F)(F)F)ccc3c2CC/C=C(/C)CCO3)cc1. The Hall–Kier alpha value is -2.68. The maximum Gasteiger partial charge on any atom is 0.534 e. The Balaban J connectivity index is 2.18. The second kappa shape index (κ2) is 8.59. The van der Waals surface area contributed by atoms with Crippen molar-refractivity contribution in [1.29, 1.82) is 0 Å². The molecule has 0 saturated heterocycles. The highest BCUT2D eigenvalue weighted by molar-refractivity contribution is 7.88. The maximum absolute atomic E-state index is 12.9. The van der Waals surface area contributed by atoms with E-state index < -0.39 is 21.4 Å². The van der Waals surface area contributed by atoms with E-state index in [9.17, 15) is 21.6 Å². The molecule has 0 atom stereocenters. The number of allylic oxidation sites excluding steroid dienone is 1. The molecule has 2 aromatic rings. The van der Waals surface area contributed by atoms with Gasteiger partial charge in [-0.1, -0.05) is 23.8 Å². The first kappa shape index (κ1) is 22.0. The fraction of sp³-hybridized carbons (Fsp3) is 0.333. The lowest BCUT2D eigenvalue weighted by atomic mass is 9.94. The molecule has 0 aromatic heterocycles. The lowest BCUT2D eigenvalue weighted by Gasteiger charge is -2.19. The Bertz CT molecular complexity index is 1040. The summed E-state index contributed by atoms with van der Waals surface area (Å²) in [6.45, 7) is 2.38. The normalized spacial score (nSPS) is 16.8. The predicted molar refractivity (Wildman–Crippen MR) is 106 cm³/mol. The molecule has 3 rings (SSSR count). The molecular weight excluding hydrogens is 421 g/mol. The Morgan fingerprint density at radius 3 is 2.37 bits per heavy atom. The molecule has 0 bridgehead atoms. The van der Waals surface area contributed by atoms with Crippen molar-refractivity contribution < 1.29 is 35.2 Å². The fourth-order valence-electron chi connectivity index (χ4n) is 3.19. The van der Waals surface area contributed by atoms with E-state index in [0.29, 0.717) is 42.1 Å². The number of halogens is 3. The Kier molecular flexibility index (Phi) is 6.30. The minimum absolute atomic E-state index is 0.246. The smallest absolute Gasteiger partial charge is 0.497 e. The van der Waals surface area contributed by atoms with E-state index in [2.05, 4.69) is 4.18 Å². The molecule has 0 spiro atoms. The minimum Gasteiger partial charge on any atom is -0.497 e. The van der Waals surface area contributed by atoms with Crippen molar-refractivity contribution >= 4 is 10.1 Å². The average molecular weight is 442 g/mol. The van der Waals surface area contributed by atoms with E-state index in [4.69, 9.17) is 9.47 Å². The van der Waals surface area contributed by atoms with Gasteiger partial charge in [0.15, 0.2) is 5.75 Å². The van der Waals surface area contributed by atoms with E-state index >= 15 is 0 Å². The Morgan fingerprint density at radius 1 is 1.03 bits per heavy atom. The first-order valence-electron chi connectivity index (χ1n) is 9.22. The number of ether oxygens (including phenoxy) is 2. The van der Waals surface area contributed by atoms with Gasteiger partial charge >= 0.3 is 15.6 Å². The topological polar surface area (TPSA) is 61.8 Å². The summed E-state index contributed by atoms with van der Waals surface area (Å²) in [5.41, 5.74) is -3.08. The summed E-state index contributed by atoms with van der Waals surface area (Å²) in [5.74, 6) is 0.634. The number of alkyl halides is 3. The fourth-order valence-corrected chi connectivity index (χ4v) is 3.66. The van der Waals surface area contributed by atoms with Crippen molar-refractivity contribution in [3.8, 4) is 28.4 Å². The van der Waals surface area contributed by atoms with Gasteiger partial charge in [-0.05, 0) is 49.6 Å². The highest BCUT2D eigenvalue weighted by atomic mass is 32.2. The molecule has 9 heteroatoms. The van der Waals surface area contributed by atoms with Crippen molar-refractivity contribution in [3.63, 3.8) is 0 Å². The summed E-state index contributed by atoms with van der Waals surface area (Å²) < 4.78 is 77.7. The molecule has 1 heterocycles. The zero-order valence-electron chi connectivity index (χ0n) is 16.5. The number of benzene rings is 2. The molecule has 0 saturated carbocycles. The van der Waals surface area contributed by atoms with Crippen LogP contribution in [0.25, 0.3) is 11.1 Å². The van der Waals surface area contributed by atoms with Crippen LogP contribution in [0.3, 0.4) is 0 Å². The van der Waals surface area contributed by atoms with E-state index in [1.807, 2.05) is 13.0 Å². The van der Waals surface area contributed by atoms with Gasteiger partial charge in [0.05, 0.1) is 13.7 Å². The zero-order chi connectivity index (χ0) is 21.9. The van der Waals surface area contributed by atoms with Gasteiger partial charge in [-0.3, -0.25) is 0 Å². The molecule has 2 aromatic carbocycles.